The number of carbonyl (C=O) groups excluding carboxylic acids is 1. The normalized spacial score (nSPS) is 14.4. The van der Waals surface area contributed by atoms with E-state index in [9.17, 15) is 4.79 Å². The van der Waals surface area contributed by atoms with E-state index >= 15 is 0 Å². The van der Waals surface area contributed by atoms with Crippen LogP contribution in [0.3, 0.4) is 0 Å². The SMILES string of the molecule is COc1ccc2nc3oc(C(=O)N4CCN(c5cc(C)ccc5C)CC4)cc3cc2c1. The number of ether oxygens (including phenoxy) is 1. The Bertz CT molecular complexity index is 1290. The number of fused-ring (bicyclic) bond motifs is 2. The van der Waals surface area contributed by atoms with Crippen LogP contribution in [0.4, 0.5) is 5.69 Å². The first kappa shape index (κ1) is 19.4. The number of hydrogen-bond donors (Lipinski definition) is 0. The second-order valence-corrected chi connectivity index (χ2v) is 8.12. The molecule has 0 aliphatic carbocycles. The molecule has 0 spiro atoms. The van der Waals surface area contributed by atoms with Gasteiger partial charge in [0.15, 0.2) is 5.76 Å². The number of amides is 1. The van der Waals surface area contributed by atoms with Crippen LogP contribution in [0, 0.1) is 13.8 Å². The molecule has 0 atom stereocenters. The molecular weight excluding hydrogens is 390 g/mol. The number of anilines is 1. The van der Waals surface area contributed by atoms with Gasteiger partial charge in [-0.05, 0) is 61.4 Å². The zero-order chi connectivity index (χ0) is 21.5. The number of piperazine rings is 1. The van der Waals surface area contributed by atoms with Crippen LogP contribution in [0.5, 0.6) is 5.75 Å². The topological polar surface area (TPSA) is 58.8 Å². The molecule has 2 aromatic carbocycles. The fourth-order valence-electron chi connectivity index (χ4n) is 4.21. The van der Waals surface area contributed by atoms with Crippen molar-refractivity contribution in [3.63, 3.8) is 0 Å². The maximum atomic E-state index is 13.1. The van der Waals surface area contributed by atoms with Crippen LogP contribution in [-0.2, 0) is 0 Å². The van der Waals surface area contributed by atoms with E-state index in [1.807, 2.05) is 29.2 Å². The Morgan fingerprint density at radius 1 is 0.968 bits per heavy atom. The van der Waals surface area contributed by atoms with Crippen molar-refractivity contribution in [1.29, 1.82) is 0 Å². The Labute approximate surface area is 181 Å². The molecule has 0 saturated carbocycles. The highest BCUT2D eigenvalue weighted by Crippen LogP contribution is 2.27. The number of furan rings is 1. The second-order valence-electron chi connectivity index (χ2n) is 8.12. The number of methoxy groups -OCH3 is 1. The standard InChI is InChI=1S/C25H25N3O3/c1-16-4-5-17(2)22(12-16)27-8-10-28(11-9-27)25(29)23-15-19-13-18-14-20(30-3)6-7-21(18)26-24(19)31-23/h4-7,12-15H,8-11H2,1-3H3. The zero-order valence-electron chi connectivity index (χ0n) is 18.0. The Balaban J connectivity index is 1.35. The number of aromatic nitrogens is 1. The molecule has 0 unspecified atom stereocenters. The summed E-state index contributed by atoms with van der Waals surface area (Å²) in [4.78, 5) is 21.9. The lowest BCUT2D eigenvalue weighted by molar-refractivity contribution is 0.0717. The summed E-state index contributed by atoms with van der Waals surface area (Å²) in [5.41, 5.74) is 5.05. The number of pyridine rings is 1. The average molecular weight is 415 g/mol. The summed E-state index contributed by atoms with van der Waals surface area (Å²) in [6, 6.07) is 16.0. The smallest absolute Gasteiger partial charge is 0.289 e. The van der Waals surface area contributed by atoms with Gasteiger partial charge in [-0.3, -0.25) is 4.79 Å². The fraction of sp³-hybridized carbons (Fsp3) is 0.280. The van der Waals surface area contributed by atoms with Gasteiger partial charge in [0.05, 0.1) is 12.6 Å². The molecule has 31 heavy (non-hydrogen) atoms. The van der Waals surface area contributed by atoms with Crippen molar-refractivity contribution in [3.05, 3.63) is 65.4 Å². The summed E-state index contributed by atoms with van der Waals surface area (Å²) >= 11 is 0. The average Bonchev–Trinajstić information content (AvgIpc) is 3.21. The second kappa shape index (κ2) is 7.61. The van der Waals surface area contributed by atoms with Crippen LogP contribution in [0.1, 0.15) is 21.7 Å². The molecule has 0 N–H and O–H groups in total. The highest BCUT2D eigenvalue weighted by atomic mass is 16.5. The van der Waals surface area contributed by atoms with Gasteiger partial charge < -0.3 is 19.0 Å². The van der Waals surface area contributed by atoms with Crippen molar-refractivity contribution < 1.29 is 13.9 Å². The van der Waals surface area contributed by atoms with Gasteiger partial charge in [-0.1, -0.05) is 12.1 Å². The highest BCUT2D eigenvalue weighted by Gasteiger charge is 2.25. The van der Waals surface area contributed by atoms with Crippen LogP contribution < -0.4 is 9.64 Å². The Kier molecular flexibility index (Phi) is 4.77. The molecule has 0 bridgehead atoms. The lowest BCUT2D eigenvalue weighted by Crippen LogP contribution is -2.49. The Morgan fingerprint density at radius 2 is 1.77 bits per heavy atom. The molecule has 0 radical (unpaired) electrons. The third-order valence-corrected chi connectivity index (χ3v) is 5.99. The van der Waals surface area contributed by atoms with Crippen LogP contribution >= 0.6 is 0 Å². The summed E-state index contributed by atoms with van der Waals surface area (Å²) in [5.74, 6) is 1.03. The lowest BCUT2D eigenvalue weighted by atomic mass is 10.1. The summed E-state index contributed by atoms with van der Waals surface area (Å²) in [6.07, 6.45) is 0. The maximum absolute atomic E-state index is 13.1. The largest absolute Gasteiger partial charge is 0.497 e. The van der Waals surface area contributed by atoms with Crippen LogP contribution in [0.25, 0.3) is 22.0 Å². The molecule has 1 aliphatic rings. The minimum Gasteiger partial charge on any atom is -0.497 e. The molecule has 2 aromatic heterocycles. The molecule has 1 saturated heterocycles. The van der Waals surface area contributed by atoms with E-state index in [2.05, 4.69) is 41.9 Å². The van der Waals surface area contributed by atoms with Gasteiger partial charge >= 0.3 is 0 Å². The van der Waals surface area contributed by atoms with E-state index in [0.717, 1.165) is 35.1 Å². The molecule has 4 aromatic rings. The van der Waals surface area contributed by atoms with Gasteiger partial charge in [-0.25, -0.2) is 4.98 Å². The quantitative estimate of drug-likeness (QED) is 0.491. The van der Waals surface area contributed by atoms with Gasteiger partial charge in [0.25, 0.3) is 5.91 Å². The van der Waals surface area contributed by atoms with Crippen molar-refractivity contribution >= 4 is 33.6 Å². The number of carbonyl (C=O) groups is 1. The first-order valence-corrected chi connectivity index (χ1v) is 10.5. The first-order valence-electron chi connectivity index (χ1n) is 10.5. The number of hydrogen-bond acceptors (Lipinski definition) is 5. The number of rotatable bonds is 3. The summed E-state index contributed by atoms with van der Waals surface area (Å²) < 4.78 is 11.1. The molecule has 1 amide bonds. The van der Waals surface area contributed by atoms with Crippen molar-refractivity contribution in [1.82, 2.24) is 9.88 Å². The lowest BCUT2D eigenvalue weighted by Gasteiger charge is -2.36. The van der Waals surface area contributed by atoms with Crippen LogP contribution in [-0.4, -0.2) is 49.1 Å². The van der Waals surface area contributed by atoms with E-state index in [1.165, 1.54) is 16.8 Å². The first-order chi connectivity index (χ1) is 15.0. The molecule has 1 fully saturated rings. The van der Waals surface area contributed by atoms with E-state index < -0.39 is 0 Å². The van der Waals surface area contributed by atoms with E-state index in [4.69, 9.17) is 9.15 Å². The number of benzene rings is 2. The number of nitrogens with zero attached hydrogens (tertiary/aromatic N) is 3. The molecule has 3 heterocycles. The predicted molar refractivity (Wildman–Crippen MR) is 122 cm³/mol. The Hall–Kier alpha value is -3.54. The minimum absolute atomic E-state index is 0.0831. The molecule has 6 nitrogen and oxygen atoms in total. The van der Waals surface area contributed by atoms with E-state index in [0.29, 0.717) is 24.6 Å². The van der Waals surface area contributed by atoms with Gasteiger partial charge in [0.1, 0.15) is 5.75 Å². The van der Waals surface area contributed by atoms with Crippen LogP contribution in [0.2, 0.25) is 0 Å². The fourth-order valence-corrected chi connectivity index (χ4v) is 4.21. The van der Waals surface area contributed by atoms with Crippen molar-refractivity contribution in [2.45, 2.75) is 13.8 Å². The van der Waals surface area contributed by atoms with Crippen LogP contribution in [0.15, 0.2) is 52.9 Å². The minimum atomic E-state index is -0.0831. The maximum Gasteiger partial charge on any atom is 0.289 e. The zero-order valence-corrected chi connectivity index (χ0v) is 18.0. The molecule has 158 valence electrons. The third kappa shape index (κ3) is 3.58. The third-order valence-electron chi connectivity index (χ3n) is 5.99. The van der Waals surface area contributed by atoms with Gasteiger partial charge in [-0.2, -0.15) is 0 Å². The Morgan fingerprint density at radius 3 is 2.55 bits per heavy atom. The highest BCUT2D eigenvalue weighted by molar-refractivity contribution is 5.98. The van der Waals surface area contributed by atoms with Crippen molar-refractivity contribution in [3.8, 4) is 5.75 Å². The van der Waals surface area contributed by atoms with E-state index in [-0.39, 0.29) is 5.91 Å². The summed E-state index contributed by atoms with van der Waals surface area (Å²) in [7, 11) is 1.64. The predicted octanol–water partition coefficient (Wildman–Crippen LogP) is 4.57. The molecule has 1 aliphatic heterocycles. The van der Waals surface area contributed by atoms with Gasteiger partial charge in [0, 0.05) is 42.6 Å². The van der Waals surface area contributed by atoms with Crippen molar-refractivity contribution in [2.24, 2.45) is 0 Å². The monoisotopic (exact) mass is 415 g/mol. The van der Waals surface area contributed by atoms with E-state index in [1.54, 1.807) is 13.2 Å². The van der Waals surface area contributed by atoms with Gasteiger partial charge in [-0.15, -0.1) is 0 Å². The summed E-state index contributed by atoms with van der Waals surface area (Å²) in [5, 5.41) is 1.77. The molecule has 6 heteroatoms. The number of aryl methyl sites for hydroxylation is 2. The summed E-state index contributed by atoms with van der Waals surface area (Å²) in [6.45, 7) is 7.17. The molecular formula is C25H25N3O3. The van der Waals surface area contributed by atoms with Gasteiger partial charge in [0.2, 0.25) is 5.71 Å². The molecule has 5 rings (SSSR count). The van der Waals surface area contributed by atoms with Crippen molar-refractivity contribution in [2.75, 3.05) is 38.2 Å².